The Morgan fingerprint density at radius 1 is 1.26 bits per heavy atom. The van der Waals surface area contributed by atoms with Crippen LogP contribution in [0.2, 0.25) is 0 Å². The molecule has 0 amide bonds. The van der Waals surface area contributed by atoms with Gasteiger partial charge in [-0.2, -0.15) is 5.10 Å². The fraction of sp³-hybridized carbons (Fsp3) is 0.467. The largest absolute Gasteiger partial charge is 0.330 e. The SMILES string of the molecule is Cc1ccccc1C(CN)Cc1ncnn1C(C)C. The van der Waals surface area contributed by atoms with Crippen LogP contribution < -0.4 is 5.73 Å². The number of aromatic nitrogens is 3. The van der Waals surface area contributed by atoms with E-state index in [0.717, 1.165) is 12.2 Å². The lowest BCUT2D eigenvalue weighted by molar-refractivity contribution is 0.492. The van der Waals surface area contributed by atoms with Gasteiger partial charge in [0.25, 0.3) is 0 Å². The molecule has 0 aliphatic carbocycles. The van der Waals surface area contributed by atoms with E-state index in [1.807, 2.05) is 4.68 Å². The van der Waals surface area contributed by atoms with Crippen LogP contribution in [0, 0.1) is 6.92 Å². The van der Waals surface area contributed by atoms with Crippen molar-refractivity contribution < 1.29 is 0 Å². The van der Waals surface area contributed by atoms with Crippen molar-refractivity contribution in [3.05, 3.63) is 47.5 Å². The molecule has 0 aliphatic rings. The molecule has 2 rings (SSSR count). The summed E-state index contributed by atoms with van der Waals surface area (Å²) in [5.41, 5.74) is 8.55. The molecule has 4 nitrogen and oxygen atoms in total. The molecule has 1 atom stereocenters. The smallest absolute Gasteiger partial charge is 0.138 e. The van der Waals surface area contributed by atoms with Crippen molar-refractivity contribution in [2.75, 3.05) is 6.54 Å². The lowest BCUT2D eigenvalue weighted by Crippen LogP contribution is -2.19. The Hall–Kier alpha value is -1.68. The van der Waals surface area contributed by atoms with Crippen LogP contribution in [0.15, 0.2) is 30.6 Å². The minimum Gasteiger partial charge on any atom is -0.330 e. The van der Waals surface area contributed by atoms with E-state index in [1.165, 1.54) is 11.1 Å². The third-order valence-corrected chi connectivity index (χ3v) is 3.48. The van der Waals surface area contributed by atoms with Gasteiger partial charge in [0.1, 0.15) is 12.2 Å². The predicted octanol–water partition coefficient (Wildman–Crippen LogP) is 2.45. The Bertz CT molecular complexity index is 530. The van der Waals surface area contributed by atoms with Crippen LogP contribution in [0.3, 0.4) is 0 Å². The summed E-state index contributed by atoms with van der Waals surface area (Å²) in [6.45, 7) is 6.98. The summed E-state index contributed by atoms with van der Waals surface area (Å²) in [6.07, 6.45) is 2.46. The van der Waals surface area contributed by atoms with Gasteiger partial charge in [-0.1, -0.05) is 24.3 Å². The zero-order valence-corrected chi connectivity index (χ0v) is 11.9. The summed E-state index contributed by atoms with van der Waals surface area (Å²) in [7, 11) is 0. The number of aryl methyl sites for hydroxylation is 1. The molecular weight excluding hydrogens is 236 g/mol. The molecule has 2 N–H and O–H groups in total. The van der Waals surface area contributed by atoms with E-state index in [4.69, 9.17) is 5.73 Å². The summed E-state index contributed by atoms with van der Waals surface area (Å²) < 4.78 is 1.97. The normalized spacial score (nSPS) is 12.9. The molecule has 0 saturated heterocycles. The molecule has 1 unspecified atom stereocenters. The van der Waals surface area contributed by atoms with E-state index in [9.17, 15) is 0 Å². The van der Waals surface area contributed by atoms with Crippen LogP contribution in [0.25, 0.3) is 0 Å². The van der Waals surface area contributed by atoms with Gasteiger partial charge >= 0.3 is 0 Å². The first-order valence-corrected chi connectivity index (χ1v) is 6.77. The zero-order valence-electron chi connectivity index (χ0n) is 11.9. The fourth-order valence-corrected chi connectivity index (χ4v) is 2.44. The van der Waals surface area contributed by atoms with Gasteiger partial charge < -0.3 is 5.73 Å². The maximum Gasteiger partial charge on any atom is 0.138 e. The van der Waals surface area contributed by atoms with E-state index in [0.29, 0.717) is 18.5 Å². The summed E-state index contributed by atoms with van der Waals surface area (Å²) in [6, 6.07) is 8.74. The second-order valence-corrected chi connectivity index (χ2v) is 5.21. The summed E-state index contributed by atoms with van der Waals surface area (Å²) in [5, 5.41) is 4.28. The quantitative estimate of drug-likeness (QED) is 0.896. The summed E-state index contributed by atoms with van der Waals surface area (Å²) in [4.78, 5) is 4.38. The molecule has 0 fully saturated rings. The Balaban J connectivity index is 2.25. The predicted molar refractivity (Wildman–Crippen MR) is 77.1 cm³/mol. The summed E-state index contributed by atoms with van der Waals surface area (Å²) in [5.74, 6) is 1.30. The van der Waals surface area contributed by atoms with Gasteiger partial charge in [0.15, 0.2) is 0 Å². The number of nitrogens with two attached hydrogens (primary N) is 1. The van der Waals surface area contributed by atoms with Crippen LogP contribution in [-0.4, -0.2) is 21.3 Å². The van der Waals surface area contributed by atoms with Crippen LogP contribution >= 0.6 is 0 Å². The highest BCUT2D eigenvalue weighted by atomic mass is 15.3. The van der Waals surface area contributed by atoms with Crippen LogP contribution in [0.5, 0.6) is 0 Å². The Morgan fingerprint density at radius 3 is 2.63 bits per heavy atom. The van der Waals surface area contributed by atoms with Crippen LogP contribution in [-0.2, 0) is 6.42 Å². The highest BCUT2D eigenvalue weighted by Gasteiger charge is 2.17. The number of nitrogens with zero attached hydrogens (tertiary/aromatic N) is 3. The third-order valence-electron chi connectivity index (χ3n) is 3.48. The van der Waals surface area contributed by atoms with Crippen molar-refractivity contribution in [1.82, 2.24) is 14.8 Å². The Kier molecular flexibility index (Phi) is 4.32. The third kappa shape index (κ3) is 3.01. The van der Waals surface area contributed by atoms with E-state index < -0.39 is 0 Å². The average molecular weight is 258 g/mol. The second kappa shape index (κ2) is 5.97. The second-order valence-electron chi connectivity index (χ2n) is 5.21. The van der Waals surface area contributed by atoms with Gasteiger partial charge in [0.05, 0.1) is 0 Å². The molecule has 102 valence electrons. The number of hydrogen-bond donors (Lipinski definition) is 1. The molecule has 0 radical (unpaired) electrons. The molecular formula is C15H22N4. The van der Waals surface area contributed by atoms with Crippen LogP contribution in [0.4, 0.5) is 0 Å². The lowest BCUT2D eigenvalue weighted by atomic mass is 9.92. The molecule has 0 spiro atoms. The fourth-order valence-electron chi connectivity index (χ4n) is 2.44. The van der Waals surface area contributed by atoms with Gasteiger partial charge in [-0.25, -0.2) is 9.67 Å². The van der Waals surface area contributed by atoms with Crippen molar-refractivity contribution in [3.8, 4) is 0 Å². The van der Waals surface area contributed by atoms with E-state index in [2.05, 4.69) is 55.1 Å². The molecule has 0 saturated carbocycles. The molecule has 0 bridgehead atoms. The molecule has 0 aliphatic heterocycles. The maximum atomic E-state index is 5.96. The number of benzene rings is 1. The van der Waals surface area contributed by atoms with Crippen molar-refractivity contribution in [2.45, 2.75) is 39.2 Å². The minimum atomic E-state index is 0.294. The molecule has 1 aromatic heterocycles. The van der Waals surface area contributed by atoms with Crippen molar-refractivity contribution in [2.24, 2.45) is 5.73 Å². The van der Waals surface area contributed by atoms with Gasteiger partial charge in [-0.15, -0.1) is 0 Å². The first-order valence-electron chi connectivity index (χ1n) is 6.77. The molecule has 19 heavy (non-hydrogen) atoms. The highest BCUT2D eigenvalue weighted by molar-refractivity contribution is 5.30. The first-order chi connectivity index (χ1) is 9.13. The van der Waals surface area contributed by atoms with Crippen molar-refractivity contribution in [3.63, 3.8) is 0 Å². The van der Waals surface area contributed by atoms with Gasteiger partial charge in [-0.05, 0) is 38.4 Å². The Morgan fingerprint density at radius 2 is 2.00 bits per heavy atom. The lowest BCUT2D eigenvalue weighted by Gasteiger charge is -2.18. The van der Waals surface area contributed by atoms with Gasteiger partial charge in [0.2, 0.25) is 0 Å². The van der Waals surface area contributed by atoms with Gasteiger partial charge in [0, 0.05) is 18.4 Å². The minimum absolute atomic E-state index is 0.294. The zero-order chi connectivity index (χ0) is 13.8. The highest BCUT2D eigenvalue weighted by Crippen LogP contribution is 2.23. The van der Waals surface area contributed by atoms with Crippen molar-refractivity contribution >= 4 is 0 Å². The maximum absolute atomic E-state index is 5.96. The van der Waals surface area contributed by atoms with E-state index in [-0.39, 0.29) is 0 Å². The molecule has 4 heteroatoms. The first kappa shape index (κ1) is 13.7. The molecule has 1 heterocycles. The average Bonchev–Trinajstić information content (AvgIpc) is 2.85. The van der Waals surface area contributed by atoms with E-state index >= 15 is 0 Å². The number of rotatable bonds is 5. The number of hydrogen-bond acceptors (Lipinski definition) is 3. The topological polar surface area (TPSA) is 56.7 Å². The van der Waals surface area contributed by atoms with E-state index in [1.54, 1.807) is 6.33 Å². The van der Waals surface area contributed by atoms with Crippen LogP contribution in [0.1, 0.15) is 42.8 Å². The van der Waals surface area contributed by atoms with Crippen molar-refractivity contribution in [1.29, 1.82) is 0 Å². The standard InChI is InChI=1S/C15H22N4/c1-11(2)19-15(17-10-18-19)8-13(9-16)14-7-5-4-6-12(14)3/h4-7,10-11,13H,8-9,16H2,1-3H3. The van der Waals surface area contributed by atoms with Gasteiger partial charge in [-0.3, -0.25) is 0 Å². The Labute approximate surface area is 114 Å². The molecule has 1 aromatic carbocycles. The summed E-state index contributed by atoms with van der Waals surface area (Å²) >= 11 is 0. The molecule has 2 aromatic rings. The monoisotopic (exact) mass is 258 g/mol.